The van der Waals surface area contributed by atoms with Crippen LogP contribution in [-0.4, -0.2) is 23.5 Å². The van der Waals surface area contributed by atoms with Gasteiger partial charge in [-0.15, -0.1) is 0 Å². The second-order valence-corrected chi connectivity index (χ2v) is 3.28. The molecule has 0 atom stereocenters. The van der Waals surface area contributed by atoms with Crippen LogP contribution in [0.2, 0.25) is 5.02 Å². The molecule has 0 unspecified atom stereocenters. The third-order valence-electron chi connectivity index (χ3n) is 1.58. The summed E-state index contributed by atoms with van der Waals surface area (Å²) in [5, 5.41) is 9.68. The van der Waals surface area contributed by atoms with Crippen LogP contribution in [0.15, 0.2) is 18.2 Å². The number of hydrogen-bond donors (Lipinski definition) is 3. The van der Waals surface area contributed by atoms with Gasteiger partial charge in [0.05, 0.1) is 5.56 Å². The number of carbonyl (C=O) groups excluding carboxylic acids is 2. The molecule has 0 spiro atoms. The van der Waals surface area contributed by atoms with Crippen molar-refractivity contribution < 1.29 is 19.5 Å². The van der Waals surface area contributed by atoms with Gasteiger partial charge in [-0.1, -0.05) is 11.6 Å². The minimum absolute atomic E-state index is 0.0196. The van der Waals surface area contributed by atoms with E-state index in [1.165, 1.54) is 18.2 Å². The van der Waals surface area contributed by atoms with Crippen molar-refractivity contribution in [3.05, 3.63) is 28.8 Å². The molecule has 0 aromatic heterocycles. The molecule has 0 aliphatic rings. The third-order valence-corrected chi connectivity index (χ3v) is 1.82. The lowest BCUT2D eigenvalue weighted by atomic mass is 10.2. The van der Waals surface area contributed by atoms with E-state index < -0.39 is 18.4 Å². The summed E-state index contributed by atoms with van der Waals surface area (Å²) < 4.78 is 0. The van der Waals surface area contributed by atoms with Gasteiger partial charge in [0, 0.05) is 5.02 Å². The lowest BCUT2D eigenvalue weighted by molar-refractivity contribution is -0.124. The van der Waals surface area contributed by atoms with Gasteiger partial charge >= 0.3 is 0 Å². The van der Waals surface area contributed by atoms with Gasteiger partial charge in [0.25, 0.3) is 5.91 Å². The Bertz CT molecular complexity index is 422. The standard InChI is InChI=1S/C9H9ClN2O4/c10-5-1-2-6(7(13)3-5)9(15)12-16-4-8(11)14/h1-3,13H,4H2,(H2,11,14)(H,12,15). The lowest BCUT2D eigenvalue weighted by Gasteiger charge is -2.05. The number of benzene rings is 1. The molecule has 0 fully saturated rings. The average Bonchev–Trinajstić information content (AvgIpc) is 2.16. The summed E-state index contributed by atoms with van der Waals surface area (Å²) in [6.45, 7) is -0.444. The zero-order chi connectivity index (χ0) is 12.1. The van der Waals surface area contributed by atoms with Crippen LogP contribution < -0.4 is 11.2 Å². The predicted octanol–water partition coefficient (Wildman–Crippen LogP) is 0.192. The topological polar surface area (TPSA) is 102 Å². The summed E-state index contributed by atoms with van der Waals surface area (Å²) in [6.07, 6.45) is 0. The van der Waals surface area contributed by atoms with E-state index in [1.807, 2.05) is 5.48 Å². The number of aromatic hydroxyl groups is 1. The number of hydroxylamine groups is 1. The Labute approximate surface area is 95.9 Å². The molecule has 0 bridgehead atoms. The van der Waals surface area contributed by atoms with Crippen LogP contribution in [0.3, 0.4) is 0 Å². The van der Waals surface area contributed by atoms with Gasteiger partial charge in [-0.2, -0.15) is 0 Å². The first-order valence-electron chi connectivity index (χ1n) is 4.19. The Morgan fingerprint density at radius 1 is 1.50 bits per heavy atom. The van der Waals surface area contributed by atoms with Crippen LogP contribution in [-0.2, 0) is 9.63 Å². The van der Waals surface area contributed by atoms with E-state index >= 15 is 0 Å². The summed E-state index contributed by atoms with van der Waals surface area (Å²) >= 11 is 5.58. The minimum Gasteiger partial charge on any atom is -0.507 e. The highest BCUT2D eigenvalue weighted by Crippen LogP contribution is 2.21. The van der Waals surface area contributed by atoms with Crippen LogP contribution in [0.4, 0.5) is 0 Å². The number of amides is 2. The van der Waals surface area contributed by atoms with E-state index in [1.54, 1.807) is 0 Å². The SMILES string of the molecule is NC(=O)CONC(=O)c1ccc(Cl)cc1O. The first kappa shape index (κ1) is 12.3. The quantitative estimate of drug-likeness (QED) is 0.658. The first-order valence-corrected chi connectivity index (χ1v) is 4.57. The monoisotopic (exact) mass is 244 g/mol. The molecule has 86 valence electrons. The Kier molecular flexibility index (Phi) is 4.10. The van der Waals surface area contributed by atoms with Crippen LogP contribution in [0.5, 0.6) is 5.75 Å². The van der Waals surface area contributed by atoms with Gasteiger partial charge in [-0.3, -0.25) is 14.4 Å². The molecule has 1 aromatic rings. The Balaban J connectivity index is 2.63. The van der Waals surface area contributed by atoms with Crippen molar-refractivity contribution in [1.29, 1.82) is 0 Å². The maximum absolute atomic E-state index is 11.4. The van der Waals surface area contributed by atoms with E-state index in [-0.39, 0.29) is 11.3 Å². The molecular formula is C9H9ClN2O4. The normalized spacial score (nSPS) is 9.81. The summed E-state index contributed by atoms with van der Waals surface area (Å²) in [5.74, 6) is -1.70. The maximum atomic E-state index is 11.4. The van der Waals surface area contributed by atoms with Gasteiger partial charge in [0.15, 0.2) is 6.61 Å². The van der Waals surface area contributed by atoms with Crippen LogP contribution in [0.25, 0.3) is 0 Å². The number of rotatable bonds is 4. The lowest BCUT2D eigenvalue weighted by Crippen LogP contribution is -2.29. The van der Waals surface area contributed by atoms with E-state index in [2.05, 4.69) is 4.84 Å². The van der Waals surface area contributed by atoms with Crippen molar-refractivity contribution in [2.45, 2.75) is 0 Å². The zero-order valence-corrected chi connectivity index (χ0v) is 8.82. The van der Waals surface area contributed by atoms with Crippen molar-refractivity contribution in [3.8, 4) is 5.75 Å². The first-order chi connectivity index (χ1) is 7.50. The van der Waals surface area contributed by atoms with E-state index in [0.717, 1.165) is 0 Å². The summed E-state index contributed by atoms with van der Waals surface area (Å²) in [6, 6.07) is 3.97. The van der Waals surface area contributed by atoms with Gasteiger partial charge in [-0.05, 0) is 18.2 Å². The molecule has 0 saturated heterocycles. The number of nitrogens with one attached hydrogen (secondary N) is 1. The number of hydrogen-bond acceptors (Lipinski definition) is 4. The molecule has 1 aromatic carbocycles. The number of nitrogens with two attached hydrogens (primary N) is 1. The molecule has 1 rings (SSSR count). The largest absolute Gasteiger partial charge is 0.507 e. The molecule has 0 aliphatic heterocycles. The molecule has 0 saturated carbocycles. The molecule has 0 aliphatic carbocycles. The summed E-state index contributed by atoms with van der Waals surface area (Å²) in [4.78, 5) is 26.2. The van der Waals surface area contributed by atoms with Crippen molar-refractivity contribution in [1.82, 2.24) is 5.48 Å². The second kappa shape index (κ2) is 5.34. The summed E-state index contributed by atoms with van der Waals surface area (Å²) in [7, 11) is 0. The number of phenolic OH excluding ortho intramolecular Hbond substituents is 1. The van der Waals surface area contributed by atoms with Crippen molar-refractivity contribution in [2.75, 3.05) is 6.61 Å². The minimum atomic E-state index is -0.722. The Morgan fingerprint density at radius 2 is 2.19 bits per heavy atom. The highest BCUT2D eigenvalue weighted by atomic mass is 35.5. The number of primary amides is 1. The van der Waals surface area contributed by atoms with E-state index in [9.17, 15) is 14.7 Å². The number of carbonyl (C=O) groups is 2. The van der Waals surface area contributed by atoms with Gasteiger partial charge < -0.3 is 10.8 Å². The average molecular weight is 245 g/mol. The van der Waals surface area contributed by atoms with Crippen LogP contribution in [0.1, 0.15) is 10.4 Å². The predicted molar refractivity (Wildman–Crippen MR) is 55.7 cm³/mol. The fraction of sp³-hybridized carbons (Fsp3) is 0.111. The number of halogens is 1. The Morgan fingerprint density at radius 3 is 2.75 bits per heavy atom. The zero-order valence-electron chi connectivity index (χ0n) is 8.07. The molecule has 0 radical (unpaired) electrons. The van der Waals surface area contributed by atoms with E-state index in [0.29, 0.717) is 5.02 Å². The van der Waals surface area contributed by atoms with Crippen molar-refractivity contribution in [3.63, 3.8) is 0 Å². The highest BCUT2D eigenvalue weighted by Gasteiger charge is 2.11. The van der Waals surface area contributed by atoms with Gasteiger partial charge in [0.1, 0.15) is 5.75 Å². The van der Waals surface area contributed by atoms with E-state index in [4.69, 9.17) is 17.3 Å². The fourth-order valence-electron chi connectivity index (χ4n) is 0.925. The molecule has 16 heavy (non-hydrogen) atoms. The fourth-order valence-corrected chi connectivity index (χ4v) is 1.09. The Hall–Kier alpha value is -1.79. The molecule has 0 heterocycles. The summed E-state index contributed by atoms with van der Waals surface area (Å²) in [5.41, 5.74) is 6.71. The van der Waals surface area contributed by atoms with Crippen molar-refractivity contribution in [2.24, 2.45) is 5.73 Å². The molecule has 4 N–H and O–H groups in total. The van der Waals surface area contributed by atoms with Crippen LogP contribution >= 0.6 is 11.6 Å². The number of phenols is 1. The molecule has 7 heteroatoms. The molecule has 2 amide bonds. The second-order valence-electron chi connectivity index (χ2n) is 2.85. The third kappa shape index (κ3) is 3.41. The smallest absolute Gasteiger partial charge is 0.278 e. The maximum Gasteiger partial charge on any atom is 0.278 e. The molecular weight excluding hydrogens is 236 g/mol. The highest BCUT2D eigenvalue weighted by molar-refractivity contribution is 6.30. The van der Waals surface area contributed by atoms with Crippen LogP contribution in [0, 0.1) is 0 Å². The van der Waals surface area contributed by atoms with Crippen molar-refractivity contribution >= 4 is 23.4 Å². The van der Waals surface area contributed by atoms with Gasteiger partial charge in [0.2, 0.25) is 5.91 Å². The molecule has 6 nitrogen and oxygen atoms in total. The van der Waals surface area contributed by atoms with Gasteiger partial charge in [-0.25, -0.2) is 5.48 Å².